The van der Waals surface area contributed by atoms with Gasteiger partial charge in [0.25, 0.3) is 0 Å². The Balaban J connectivity index is 2.39. The first kappa shape index (κ1) is 11.5. The highest BCUT2D eigenvalue weighted by Crippen LogP contribution is 2.29. The van der Waals surface area contributed by atoms with E-state index in [1.54, 1.807) is 12.1 Å². The second-order valence-corrected chi connectivity index (χ2v) is 4.71. The van der Waals surface area contributed by atoms with Crippen LogP contribution in [-0.2, 0) is 0 Å². The summed E-state index contributed by atoms with van der Waals surface area (Å²) < 4.78 is 5.22. The fourth-order valence-electron chi connectivity index (χ4n) is 1.35. The molecular weight excluding hydrogens is 245 g/mol. The Bertz CT molecular complexity index is 505. The van der Waals surface area contributed by atoms with Crippen LogP contribution in [0.25, 0.3) is 11.3 Å². The van der Waals surface area contributed by atoms with Gasteiger partial charge in [-0.25, -0.2) is 0 Å². The van der Waals surface area contributed by atoms with Crippen molar-refractivity contribution in [3.63, 3.8) is 0 Å². The molecule has 0 aliphatic carbocycles. The van der Waals surface area contributed by atoms with Crippen LogP contribution >= 0.6 is 23.2 Å². The highest BCUT2D eigenvalue weighted by molar-refractivity contribution is 6.42. The van der Waals surface area contributed by atoms with Gasteiger partial charge < -0.3 is 4.52 Å². The Hall–Kier alpha value is -0.990. The molecule has 0 fully saturated rings. The molecule has 2 aromatic rings. The van der Waals surface area contributed by atoms with Crippen LogP contribution in [0.1, 0.15) is 25.5 Å². The molecule has 0 N–H and O–H groups in total. The van der Waals surface area contributed by atoms with Crippen molar-refractivity contribution in [3.8, 4) is 11.3 Å². The molecule has 0 radical (unpaired) electrons. The highest BCUT2D eigenvalue weighted by atomic mass is 35.5. The second kappa shape index (κ2) is 4.48. The van der Waals surface area contributed by atoms with E-state index in [9.17, 15) is 0 Å². The Morgan fingerprint density at radius 3 is 2.44 bits per heavy atom. The number of hydrogen-bond acceptors (Lipinski definition) is 2. The summed E-state index contributed by atoms with van der Waals surface area (Å²) in [4.78, 5) is 0. The minimum absolute atomic E-state index is 0.323. The van der Waals surface area contributed by atoms with E-state index in [1.807, 2.05) is 12.1 Å². The zero-order valence-corrected chi connectivity index (χ0v) is 10.5. The fraction of sp³-hybridized carbons (Fsp3) is 0.250. The van der Waals surface area contributed by atoms with E-state index in [2.05, 4.69) is 19.0 Å². The average Bonchev–Trinajstić information content (AvgIpc) is 2.71. The van der Waals surface area contributed by atoms with Gasteiger partial charge in [0, 0.05) is 17.5 Å². The predicted octanol–water partition coefficient (Wildman–Crippen LogP) is 4.77. The number of rotatable bonds is 2. The standard InChI is InChI=1S/C12H11Cl2NO/c1-7(2)12-6-11(15-16-12)8-3-4-9(13)10(14)5-8/h3-7H,1-2H3. The molecule has 0 bridgehead atoms. The molecule has 0 spiro atoms. The summed E-state index contributed by atoms with van der Waals surface area (Å²) >= 11 is 11.8. The quantitative estimate of drug-likeness (QED) is 0.773. The van der Waals surface area contributed by atoms with E-state index in [0.717, 1.165) is 17.0 Å². The number of nitrogens with zero attached hydrogens (tertiary/aromatic N) is 1. The smallest absolute Gasteiger partial charge is 0.139 e. The van der Waals surface area contributed by atoms with Gasteiger partial charge in [-0.15, -0.1) is 0 Å². The Labute approximate surface area is 104 Å². The van der Waals surface area contributed by atoms with Crippen molar-refractivity contribution in [2.24, 2.45) is 0 Å². The number of hydrogen-bond donors (Lipinski definition) is 0. The van der Waals surface area contributed by atoms with Crippen molar-refractivity contribution in [2.75, 3.05) is 0 Å². The topological polar surface area (TPSA) is 26.0 Å². The lowest BCUT2D eigenvalue weighted by Gasteiger charge is -1.98. The maximum atomic E-state index is 5.94. The molecule has 0 saturated heterocycles. The first-order valence-corrected chi connectivity index (χ1v) is 5.75. The van der Waals surface area contributed by atoms with Crippen molar-refractivity contribution >= 4 is 23.2 Å². The predicted molar refractivity (Wildman–Crippen MR) is 66.0 cm³/mol. The summed E-state index contributed by atoms with van der Waals surface area (Å²) in [5, 5.41) is 5.06. The van der Waals surface area contributed by atoms with E-state index in [4.69, 9.17) is 27.7 Å². The first-order chi connectivity index (χ1) is 7.58. The maximum Gasteiger partial charge on any atom is 0.139 e. The molecular formula is C12H11Cl2NO. The van der Waals surface area contributed by atoms with Crippen molar-refractivity contribution in [1.29, 1.82) is 0 Å². The zero-order chi connectivity index (χ0) is 11.7. The summed E-state index contributed by atoms with van der Waals surface area (Å²) in [5.74, 6) is 1.19. The molecule has 16 heavy (non-hydrogen) atoms. The van der Waals surface area contributed by atoms with Gasteiger partial charge in [-0.05, 0) is 12.1 Å². The lowest BCUT2D eigenvalue weighted by molar-refractivity contribution is 0.373. The lowest BCUT2D eigenvalue weighted by Crippen LogP contribution is -1.80. The van der Waals surface area contributed by atoms with Crippen LogP contribution in [0.15, 0.2) is 28.8 Å². The fourth-order valence-corrected chi connectivity index (χ4v) is 1.65. The zero-order valence-electron chi connectivity index (χ0n) is 9.00. The Kier molecular flexibility index (Phi) is 3.22. The summed E-state index contributed by atoms with van der Waals surface area (Å²) in [6.07, 6.45) is 0. The Morgan fingerprint density at radius 2 is 1.88 bits per heavy atom. The molecule has 2 nitrogen and oxygen atoms in total. The van der Waals surface area contributed by atoms with E-state index < -0.39 is 0 Å². The molecule has 0 atom stereocenters. The van der Waals surface area contributed by atoms with E-state index >= 15 is 0 Å². The molecule has 0 amide bonds. The number of halogens is 2. The van der Waals surface area contributed by atoms with Crippen LogP contribution in [-0.4, -0.2) is 5.16 Å². The molecule has 84 valence electrons. The largest absolute Gasteiger partial charge is 0.361 e. The molecule has 2 rings (SSSR count). The summed E-state index contributed by atoms with van der Waals surface area (Å²) in [6.45, 7) is 4.11. The van der Waals surface area contributed by atoms with Gasteiger partial charge in [0.1, 0.15) is 11.5 Å². The molecule has 1 heterocycles. The molecule has 4 heteroatoms. The maximum absolute atomic E-state index is 5.94. The molecule has 0 saturated carbocycles. The molecule has 1 aromatic heterocycles. The molecule has 1 aromatic carbocycles. The van der Waals surface area contributed by atoms with Crippen LogP contribution in [0.5, 0.6) is 0 Å². The lowest BCUT2D eigenvalue weighted by atomic mass is 10.1. The van der Waals surface area contributed by atoms with Crippen LogP contribution < -0.4 is 0 Å². The Morgan fingerprint density at radius 1 is 1.12 bits per heavy atom. The van der Waals surface area contributed by atoms with Crippen LogP contribution in [0.2, 0.25) is 10.0 Å². The summed E-state index contributed by atoms with van der Waals surface area (Å²) in [6, 6.07) is 7.33. The van der Waals surface area contributed by atoms with Crippen LogP contribution in [0, 0.1) is 0 Å². The summed E-state index contributed by atoms with van der Waals surface area (Å²) in [7, 11) is 0. The van der Waals surface area contributed by atoms with E-state index in [0.29, 0.717) is 16.0 Å². The average molecular weight is 256 g/mol. The van der Waals surface area contributed by atoms with Crippen molar-refractivity contribution < 1.29 is 4.52 Å². The molecule has 0 unspecified atom stereocenters. The number of benzene rings is 1. The third-order valence-corrected chi connectivity index (χ3v) is 3.05. The highest BCUT2D eigenvalue weighted by Gasteiger charge is 2.10. The molecule has 0 aliphatic heterocycles. The number of aromatic nitrogens is 1. The van der Waals surface area contributed by atoms with Crippen LogP contribution in [0.3, 0.4) is 0 Å². The second-order valence-electron chi connectivity index (χ2n) is 3.90. The minimum Gasteiger partial charge on any atom is -0.361 e. The molecule has 0 aliphatic rings. The summed E-state index contributed by atoms with van der Waals surface area (Å²) in [5.41, 5.74) is 1.69. The monoisotopic (exact) mass is 255 g/mol. The van der Waals surface area contributed by atoms with E-state index in [-0.39, 0.29) is 0 Å². The van der Waals surface area contributed by atoms with Gasteiger partial charge in [-0.1, -0.05) is 48.3 Å². The normalized spacial score (nSPS) is 11.1. The van der Waals surface area contributed by atoms with Gasteiger partial charge in [0.05, 0.1) is 10.0 Å². The third-order valence-electron chi connectivity index (χ3n) is 2.31. The van der Waals surface area contributed by atoms with Crippen LogP contribution in [0.4, 0.5) is 0 Å². The van der Waals surface area contributed by atoms with Gasteiger partial charge in [0.15, 0.2) is 0 Å². The van der Waals surface area contributed by atoms with Gasteiger partial charge in [-0.2, -0.15) is 0 Å². The van der Waals surface area contributed by atoms with Crippen molar-refractivity contribution in [1.82, 2.24) is 5.16 Å². The SMILES string of the molecule is CC(C)c1cc(-c2ccc(Cl)c(Cl)c2)no1. The third kappa shape index (κ3) is 2.23. The first-order valence-electron chi connectivity index (χ1n) is 5.00. The van der Waals surface area contributed by atoms with Crippen molar-refractivity contribution in [3.05, 3.63) is 40.1 Å². The minimum atomic E-state index is 0.323. The van der Waals surface area contributed by atoms with Gasteiger partial charge >= 0.3 is 0 Å². The van der Waals surface area contributed by atoms with Gasteiger partial charge in [0.2, 0.25) is 0 Å². The van der Waals surface area contributed by atoms with E-state index in [1.165, 1.54) is 0 Å². The van der Waals surface area contributed by atoms with Crippen molar-refractivity contribution in [2.45, 2.75) is 19.8 Å². The van der Waals surface area contributed by atoms with Gasteiger partial charge in [-0.3, -0.25) is 0 Å².